The molecule has 1 aromatic heterocycles. The summed E-state index contributed by atoms with van der Waals surface area (Å²) in [6, 6.07) is 6.36. The van der Waals surface area contributed by atoms with Gasteiger partial charge in [0.15, 0.2) is 0 Å². The average molecular weight is 293 g/mol. The smallest absolute Gasteiger partial charge is 0.112 e. The van der Waals surface area contributed by atoms with Gasteiger partial charge in [-0.15, -0.1) is 0 Å². The number of nitrogens with zero attached hydrogens (tertiary/aromatic N) is 2. The second-order valence-electron chi connectivity index (χ2n) is 5.00. The van der Waals surface area contributed by atoms with Gasteiger partial charge in [0, 0.05) is 17.4 Å². The van der Waals surface area contributed by atoms with Crippen molar-refractivity contribution < 1.29 is 0 Å². The predicted molar refractivity (Wildman–Crippen MR) is 74.2 cm³/mol. The number of hydrogen-bond acceptors (Lipinski definition) is 1. The Morgan fingerprint density at radius 2 is 2.00 bits per heavy atom. The standard InChI is InChI=1S/C14H17BrN2/c1-17-13-8-7-11(15)9-12(13)16-14(17)10-5-3-2-4-6-10/h7-10H,2-6H2,1H3. The Hall–Kier alpha value is -0.830. The first-order valence-corrected chi connectivity index (χ1v) is 7.17. The molecule has 1 heterocycles. The molecule has 3 rings (SSSR count). The third-order valence-corrected chi connectivity index (χ3v) is 4.34. The van der Waals surface area contributed by atoms with Crippen LogP contribution in [0.15, 0.2) is 22.7 Å². The Morgan fingerprint density at radius 3 is 2.76 bits per heavy atom. The Balaban J connectivity index is 2.07. The molecule has 2 nitrogen and oxygen atoms in total. The Morgan fingerprint density at radius 1 is 1.24 bits per heavy atom. The number of aromatic nitrogens is 2. The number of rotatable bonds is 1. The third kappa shape index (κ3) is 2.01. The molecule has 17 heavy (non-hydrogen) atoms. The van der Waals surface area contributed by atoms with Crippen molar-refractivity contribution in [2.45, 2.75) is 38.0 Å². The number of benzene rings is 1. The molecule has 0 N–H and O–H groups in total. The molecule has 1 aromatic carbocycles. The van der Waals surface area contributed by atoms with Gasteiger partial charge in [-0.2, -0.15) is 0 Å². The zero-order valence-electron chi connectivity index (χ0n) is 10.1. The van der Waals surface area contributed by atoms with Crippen LogP contribution in [0.5, 0.6) is 0 Å². The number of aryl methyl sites for hydroxylation is 1. The molecule has 3 heteroatoms. The third-order valence-electron chi connectivity index (χ3n) is 3.85. The summed E-state index contributed by atoms with van der Waals surface area (Å²) < 4.78 is 3.39. The van der Waals surface area contributed by atoms with Crippen molar-refractivity contribution in [2.75, 3.05) is 0 Å². The van der Waals surface area contributed by atoms with Crippen molar-refractivity contribution in [3.05, 3.63) is 28.5 Å². The van der Waals surface area contributed by atoms with Gasteiger partial charge in [0.25, 0.3) is 0 Å². The first-order chi connectivity index (χ1) is 8.25. The number of hydrogen-bond donors (Lipinski definition) is 0. The molecule has 1 aliphatic rings. The summed E-state index contributed by atoms with van der Waals surface area (Å²) in [5.41, 5.74) is 2.36. The monoisotopic (exact) mass is 292 g/mol. The fourth-order valence-electron chi connectivity index (χ4n) is 2.92. The maximum absolute atomic E-state index is 4.83. The quantitative estimate of drug-likeness (QED) is 0.762. The molecule has 0 amide bonds. The lowest BCUT2D eigenvalue weighted by Gasteiger charge is -2.20. The van der Waals surface area contributed by atoms with Crippen LogP contribution in [0.3, 0.4) is 0 Å². The number of fused-ring (bicyclic) bond motifs is 1. The highest BCUT2D eigenvalue weighted by Crippen LogP contribution is 2.33. The van der Waals surface area contributed by atoms with Crippen LogP contribution < -0.4 is 0 Å². The molecule has 1 aliphatic carbocycles. The van der Waals surface area contributed by atoms with E-state index in [-0.39, 0.29) is 0 Å². The van der Waals surface area contributed by atoms with Crippen molar-refractivity contribution in [1.29, 1.82) is 0 Å². The van der Waals surface area contributed by atoms with Crippen LogP contribution in [0, 0.1) is 0 Å². The molecule has 0 atom stereocenters. The van der Waals surface area contributed by atoms with Gasteiger partial charge in [-0.3, -0.25) is 0 Å². The molecule has 1 fully saturated rings. The fourth-order valence-corrected chi connectivity index (χ4v) is 3.27. The lowest BCUT2D eigenvalue weighted by atomic mass is 9.89. The molecule has 0 saturated heterocycles. The van der Waals surface area contributed by atoms with Gasteiger partial charge in [-0.05, 0) is 31.0 Å². The molecule has 0 radical (unpaired) electrons. The minimum Gasteiger partial charge on any atom is -0.331 e. The summed E-state index contributed by atoms with van der Waals surface area (Å²) in [5.74, 6) is 1.94. The van der Waals surface area contributed by atoms with Gasteiger partial charge in [0.05, 0.1) is 11.0 Å². The van der Waals surface area contributed by atoms with E-state index in [2.05, 4.69) is 45.7 Å². The number of halogens is 1. The topological polar surface area (TPSA) is 17.8 Å². The minimum atomic E-state index is 0.667. The van der Waals surface area contributed by atoms with E-state index in [4.69, 9.17) is 4.98 Å². The molecular weight excluding hydrogens is 276 g/mol. The van der Waals surface area contributed by atoms with Crippen molar-refractivity contribution in [1.82, 2.24) is 9.55 Å². The van der Waals surface area contributed by atoms with E-state index >= 15 is 0 Å². The van der Waals surface area contributed by atoms with Crippen LogP contribution in [-0.4, -0.2) is 9.55 Å². The molecular formula is C14H17BrN2. The van der Waals surface area contributed by atoms with Crippen molar-refractivity contribution >= 4 is 27.0 Å². The van der Waals surface area contributed by atoms with E-state index < -0.39 is 0 Å². The first-order valence-electron chi connectivity index (χ1n) is 6.37. The zero-order chi connectivity index (χ0) is 11.8. The summed E-state index contributed by atoms with van der Waals surface area (Å²) in [6.45, 7) is 0. The van der Waals surface area contributed by atoms with E-state index in [1.54, 1.807) is 0 Å². The van der Waals surface area contributed by atoms with E-state index in [9.17, 15) is 0 Å². The predicted octanol–water partition coefficient (Wildman–Crippen LogP) is 4.38. The summed E-state index contributed by atoms with van der Waals surface area (Å²) in [6.07, 6.45) is 6.72. The van der Waals surface area contributed by atoms with Crippen LogP contribution in [0.4, 0.5) is 0 Å². The summed E-state index contributed by atoms with van der Waals surface area (Å²) in [5, 5.41) is 0. The Kier molecular flexibility index (Phi) is 2.95. The SMILES string of the molecule is Cn1c(C2CCCCC2)nc2cc(Br)ccc21. The van der Waals surface area contributed by atoms with Crippen molar-refractivity contribution in [2.24, 2.45) is 7.05 Å². The van der Waals surface area contributed by atoms with Gasteiger partial charge in [0.1, 0.15) is 5.82 Å². The summed E-state index contributed by atoms with van der Waals surface area (Å²) >= 11 is 3.51. The van der Waals surface area contributed by atoms with Gasteiger partial charge in [0.2, 0.25) is 0 Å². The lowest BCUT2D eigenvalue weighted by Crippen LogP contribution is -2.09. The van der Waals surface area contributed by atoms with Crippen LogP contribution in [0.1, 0.15) is 43.8 Å². The Labute approximate surface area is 110 Å². The molecule has 90 valence electrons. The van der Waals surface area contributed by atoms with Gasteiger partial charge >= 0.3 is 0 Å². The van der Waals surface area contributed by atoms with Crippen LogP contribution >= 0.6 is 15.9 Å². The highest BCUT2D eigenvalue weighted by atomic mass is 79.9. The maximum Gasteiger partial charge on any atom is 0.112 e. The molecule has 0 spiro atoms. The molecule has 0 aliphatic heterocycles. The maximum atomic E-state index is 4.83. The summed E-state index contributed by atoms with van der Waals surface area (Å²) in [7, 11) is 2.15. The molecule has 2 aromatic rings. The van der Waals surface area contributed by atoms with Crippen molar-refractivity contribution in [3.63, 3.8) is 0 Å². The van der Waals surface area contributed by atoms with Gasteiger partial charge in [-0.25, -0.2) is 4.98 Å². The van der Waals surface area contributed by atoms with E-state index in [1.807, 2.05) is 0 Å². The molecule has 0 bridgehead atoms. The zero-order valence-corrected chi connectivity index (χ0v) is 11.7. The number of imidazole rings is 1. The normalized spacial score (nSPS) is 17.8. The average Bonchev–Trinajstić information content (AvgIpc) is 2.67. The van der Waals surface area contributed by atoms with Gasteiger partial charge in [-0.1, -0.05) is 35.2 Å². The first kappa shape index (κ1) is 11.3. The second kappa shape index (κ2) is 4.45. The van der Waals surface area contributed by atoms with Gasteiger partial charge < -0.3 is 4.57 Å². The van der Waals surface area contributed by atoms with E-state index in [1.165, 1.54) is 43.4 Å². The van der Waals surface area contributed by atoms with Crippen LogP contribution in [-0.2, 0) is 7.05 Å². The minimum absolute atomic E-state index is 0.667. The van der Waals surface area contributed by atoms with E-state index in [0.29, 0.717) is 5.92 Å². The fraction of sp³-hybridized carbons (Fsp3) is 0.500. The highest BCUT2D eigenvalue weighted by molar-refractivity contribution is 9.10. The van der Waals surface area contributed by atoms with Crippen LogP contribution in [0.2, 0.25) is 0 Å². The van der Waals surface area contributed by atoms with Crippen molar-refractivity contribution in [3.8, 4) is 0 Å². The highest BCUT2D eigenvalue weighted by Gasteiger charge is 2.20. The summed E-state index contributed by atoms with van der Waals surface area (Å²) in [4.78, 5) is 4.83. The largest absolute Gasteiger partial charge is 0.331 e. The second-order valence-corrected chi connectivity index (χ2v) is 5.91. The van der Waals surface area contributed by atoms with Crippen LogP contribution in [0.25, 0.3) is 11.0 Å². The molecule has 1 saturated carbocycles. The Bertz CT molecular complexity index is 538. The lowest BCUT2D eigenvalue weighted by molar-refractivity contribution is 0.423. The van der Waals surface area contributed by atoms with E-state index in [0.717, 1.165) is 9.99 Å². The molecule has 0 unspecified atom stereocenters.